The van der Waals surface area contributed by atoms with E-state index in [9.17, 15) is 9.59 Å². The standard InChI is InChI=1S/C7H5BrN2O4/c8-4-2-1-3-5(9-4)10(6(11)12)7(13)14/h1-3H,(H,11,12)(H,13,14). The molecule has 0 aliphatic heterocycles. The van der Waals surface area contributed by atoms with Gasteiger partial charge in [-0.25, -0.2) is 14.6 Å². The second kappa shape index (κ2) is 4.05. The van der Waals surface area contributed by atoms with E-state index in [-0.39, 0.29) is 10.7 Å². The normalized spacial score (nSPS) is 9.50. The summed E-state index contributed by atoms with van der Waals surface area (Å²) >= 11 is 3.01. The Labute approximate surface area is 86.9 Å². The first-order valence-corrected chi connectivity index (χ1v) is 4.20. The molecular weight excluding hydrogens is 256 g/mol. The van der Waals surface area contributed by atoms with Gasteiger partial charge in [0, 0.05) is 0 Å². The average molecular weight is 261 g/mol. The molecule has 7 heteroatoms. The maximum Gasteiger partial charge on any atom is 0.422 e. The number of carbonyl (C=O) groups is 2. The number of anilines is 1. The molecule has 0 saturated carbocycles. The molecule has 0 atom stereocenters. The van der Waals surface area contributed by atoms with Crippen LogP contribution in [0.25, 0.3) is 0 Å². The third kappa shape index (κ3) is 2.19. The Balaban J connectivity index is 3.12. The van der Waals surface area contributed by atoms with Gasteiger partial charge in [0.1, 0.15) is 10.4 Å². The van der Waals surface area contributed by atoms with Gasteiger partial charge in [-0.15, -0.1) is 0 Å². The number of pyridine rings is 1. The molecule has 0 aromatic carbocycles. The molecule has 74 valence electrons. The summed E-state index contributed by atoms with van der Waals surface area (Å²) in [6, 6.07) is 4.34. The van der Waals surface area contributed by atoms with Crippen molar-refractivity contribution in [3.8, 4) is 0 Å². The molecule has 0 fully saturated rings. The molecule has 1 aromatic heterocycles. The molecule has 1 aromatic rings. The molecule has 0 aliphatic rings. The Morgan fingerprint density at radius 1 is 1.29 bits per heavy atom. The van der Waals surface area contributed by atoms with Crippen LogP contribution >= 0.6 is 15.9 Å². The van der Waals surface area contributed by atoms with Crippen LogP contribution in [0.15, 0.2) is 22.8 Å². The number of hydrogen-bond acceptors (Lipinski definition) is 3. The van der Waals surface area contributed by atoms with Crippen molar-refractivity contribution in [1.29, 1.82) is 0 Å². The van der Waals surface area contributed by atoms with E-state index in [0.717, 1.165) is 0 Å². The van der Waals surface area contributed by atoms with E-state index in [1.54, 1.807) is 6.07 Å². The summed E-state index contributed by atoms with van der Waals surface area (Å²) < 4.78 is 0.363. The van der Waals surface area contributed by atoms with Crippen LogP contribution in [0.5, 0.6) is 0 Å². The van der Waals surface area contributed by atoms with E-state index in [1.165, 1.54) is 12.1 Å². The maximum absolute atomic E-state index is 10.5. The van der Waals surface area contributed by atoms with Crippen LogP contribution in [0.4, 0.5) is 15.4 Å². The highest BCUT2D eigenvalue weighted by Crippen LogP contribution is 2.15. The summed E-state index contributed by atoms with van der Waals surface area (Å²) in [5.41, 5.74) is 0. The minimum Gasteiger partial charge on any atom is -0.464 e. The fourth-order valence-corrected chi connectivity index (χ4v) is 1.13. The van der Waals surface area contributed by atoms with Crippen molar-refractivity contribution in [3.05, 3.63) is 22.8 Å². The topological polar surface area (TPSA) is 90.7 Å². The number of rotatable bonds is 1. The van der Waals surface area contributed by atoms with Crippen molar-refractivity contribution in [1.82, 2.24) is 4.98 Å². The molecule has 2 N–H and O–H groups in total. The van der Waals surface area contributed by atoms with Crippen molar-refractivity contribution in [2.75, 3.05) is 4.90 Å². The first-order valence-electron chi connectivity index (χ1n) is 3.41. The maximum atomic E-state index is 10.5. The Hall–Kier alpha value is -1.63. The van der Waals surface area contributed by atoms with Gasteiger partial charge in [0.05, 0.1) is 0 Å². The van der Waals surface area contributed by atoms with Crippen molar-refractivity contribution in [3.63, 3.8) is 0 Å². The molecular formula is C7H5BrN2O4. The molecule has 0 unspecified atom stereocenters. The number of amides is 2. The van der Waals surface area contributed by atoms with Gasteiger partial charge in [-0.2, -0.15) is 4.90 Å². The van der Waals surface area contributed by atoms with Crippen molar-refractivity contribution in [2.24, 2.45) is 0 Å². The molecule has 0 bridgehead atoms. The highest BCUT2D eigenvalue weighted by Gasteiger charge is 2.23. The third-order valence-electron chi connectivity index (χ3n) is 1.31. The minimum absolute atomic E-state index is 0.130. The predicted octanol–water partition coefficient (Wildman–Crippen LogP) is 2.01. The van der Waals surface area contributed by atoms with E-state index >= 15 is 0 Å². The van der Waals surface area contributed by atoms with Crippen LogP contribution in [0.1, 0.15) is 0 Å². The first-order chi connectivity index (χ1) is 6.52. The number of nitrogens with zero attached hydrogens (tertiary/aromatic N) is 2. The molecule has 14 heavy (non-hydrogen) atoms. The van der Waals surface area contributed by atoms with E-state index in [1.807, 2.05) is 0 Å². The number of carboxylic acid groups (broad SMARTS) is 2. The van der Waals surface area contributed by atoms with Gasteiger partial charge in [-0.1, -0.05) is 6.07 Å². The first kappa shape index (κ1) is 10.5. The van der Waals surface area contributed by atoms with Crippen molar-refractivity contribution >= 4 is 33.9 Å². The summed E-state index contributed by atoms with van der Waals surface area (Å²) in [4.78, 5) is 24.9. The Morgan fingerprint density at radius 2 is 1.86 bits per heavy atom. The zero-order chi connectivity index (χ0) is 10.7. The lowest BCUT2D eigenvalue weighted by atomic mass is 10.4. The zero-order valence-corrected chi connectivity index (χ0v) is 8.30. The molecule has 0 aliphatic carbocycles. The van der Waals surface area contributed by atoms with Crippen LogP contribution < -0.4 is 4.90 Å². The molecule has 6 nitrogen and oxygen atoms in total. The van der Waals surface area contributed by atoms with Crippen molar-refractivity contribution in [2.45, 2.75) is 0 Å². The molecule has 1 rings (SSSR count). The van der Waals surface area contributed by atoms with E-state index in [2.05, 4.69) is 20.9 Å². The lowest BCUT2D eigenvalue weighted by Crippen LogP contribution is -2.35. The van der Waals surface area contributed by atoms with Gasteiger partial charge in [0.15, 0.2) is 0 Å². The highest BCUT2D eigenvalue weighted by molar-refractivity contribution is 9.10. The van der Waals surface area contributed by atoms with Gasteiger partial charge in [-0.3, -0.25) is 0 Å². The molecule has 1 heterocycles. The number of imide groups is 1. The van der Waals surface area contributed by atoms with E-state index < -0.39 is 12.2 Å². The van der Waals surface area contributed by atoms with E-state index in [4.69, 9.17) is 10.2 Å². The van der Waals surface area contributed by atoms with Gasteiger partial charge < -0.3 is 10.2 Å². The van der Waals surface area contributed by atoms with Crippen LogP contribution in [0.3, 0.4) is 0 Å². The Bertz CT molecular complexity index is 368. The van der Waals surface area contributed by atoms with Gasteiger partial charge in [0.25, 0.3) is 0 Å². The van der Waals surface area contributed by atoms with Crippen LogP contribution in [-0.4, -0.2) is 27.4 Å². The summed E-state index contributed by atoms with van der Waals surface area (Å²) in [6.45, 7) is 0. The SMILES string of the molecule is O=C(O)N(C(=O)O)c1cccc(Br)n1. The molecule has 2 amide bonds. The number of hydrogen-bond donors (Lipinski definition) is 2. The fourth-order valence-electron chi connectivity index (χ4n) is 0.800. The minimum atomic E-state index is -1.59. The van der Waals surface area contributed by atoms with Gasteiger partial charge in [0.2, 0.25) is 0 Å². The van der Waals surface area contributed by atoms with Crippen LogP contribution in [0, 0.1) is 0 Å². The summed E-state index contributed by atoms with van der Waals surface area (Å²) in [5, 5.41) is 17.2. The largest absolute Gasteiger partial charge is 0.464 e. The third-order valence-corrected chi connectivity index (χ3v) is 1.75. The lowest BCUT2D eigenvalue weighted by Gasteiger charge is -2.11. The zero-order valence-electron chi connectivity index (χ0n) is 6.72. The van der Waals surface area contributed by atoms with Gasteiger partial charge in [-0.05, 0) is 28.1 Å². The molecule has 0 saturated heterocycles. The van der Waals surface area contributed by atoms with Crippen molar-refractivity contribution < 1.29 is 19.8 Å². The monoisotopic (exact) mass is 260 g/mol. The van der Waals surface area contributed by atoms with Crippen LogP contribution in [-0.2, 0) is 0 Å². The highest BCUT2D eigenvalue weighted by atomic mass is 79.9. The quantitative estimate of drug-likeness (QED) is 0.754. The summed E-state index contributed by atoms with van der Waals surface area (Å²) in [5.74, 6) is -0.167. The summed E-state index contributed by atoms with van der Waals surface area (Å²) in [7, 11) is 0. The smallest absolute Gasteiger partial charge is 0.422 e. The Morgan fingerprint density at radius 3 is 2.29 bits per heavy atom. The second-order valence-corrected chi connectivity index (χ2v) is 3.03. The molecule has 0 spiro atoms. The number of aromatic nitrogens is 1. The number of halogens is 1. The van der Waals surface area contributed by atoms with E-state index in [0.29, 0.717) is 4.60 Å². The summed E-state index contributed by atoms with van der Waals surface area (Å²) in [6.07, 6.45) is -3.19. The van der Waals surface area contributed by atoms with Gasteiger partial charge >= 0.3 is 12.2 Å². The predicted molar refractivity (Wildman–Crippen MR) is 50.5 cm³/mol. The Kier molecular flexibility index (Phi) is 3.03. The lowest BCUT2D eigenvalue weighted by molar-refractivity contribution is 0.184. The van der Waals surface area contributed by atoms with Crippen LogP contribution in [0.2, 0.25) is 0 Å². The fraction of sp³-hybridized carbons (Fsp3) is 0. The second-order valence-electron chi connectivity index (χ2n) is 2.22. The molecule has 0 radical (unpaired) electrons. The average Bonchev–Trinajstić information content (AvgIpc) is 2.02.